The molecule has 1 heterocycles. The Hall–Kier alpha value is -1.22. The van der Waals surface area contributed by atoms with E-state index in [2.05, 4.69) is 9.80 Å². The molecule has 3 fully saturated rings. The molecular weight excluding hydrogens is 260 g/mol. The Bertz CT molecular complexity index is 496. The summed E-state index contributed by atoms with van der Waals surface area (Å²) in [4.78, 5) is 4.98. The number of aromatic hydroxyl groups is 1. The molecule has 21 heavy (non-hydrogen) atoms. The highest BCUT2D eigenvalue weighted by atomic mass is 16.3. The Kier molecular flexibility index (Phi) is 3.54. The molecule has 0 amide bonds. The van der Waals surface area contributed by atoms with Gasteiger partial charge in [0.2, 0.25) is 0 Å². The number of piperazine rings is 1. The van der Waals surface area contributed by atoms with Gasteiger partial charge < -0.3 is 10.0 Å². The molecular formula is C18H26N2O. The number of phenols is 1. The van der Waals surface area contributed by atoms with Gasteiger partial charge >= 0.3 is 0 Å². The zero-order valence-electron chi connectivity index (χ0n) is 12.7. The van der Waals surface area contributed by atoms with Crippen LogP contribution >= 0.6 is 0 Å². The van der Waals surface area contributed by atoms with Gasteiger partial charge in [-0.3, -0.25) is 4.90 Å². The van der Waals surface area contributed by atoms with Crippen molar-refractivity contribution in [2.75, 3.05) is 37.6 Å². The molecule has 3 nitrogen and oxygen atoms in total. The summed E-state index contributed by atoms with van der Waals surface area (Å²) in [7, 11) is 0. The van der Waals surface area contributed by atoms with Crippen molar-refractivity contribution in [3.63, 3.8) is 0 Å². The lowest BCUT2D eigenvalue weighted by Crippen LogP contribution is -2.48. The van der Waals surface area contributed by atoms with Gasteiger partial charge in [0.1, 0.15) is 5.75 Å². The number of nitrogens with zero attached hydrogens (tertiary/aromatic N) is 2. The topological polar surface area (TPSA) is 26.7 Å². The highest BCUT2D eigenvalue weighted by Gasteiger charge is 2.42. The highest BCUT2D eigenvalue weighted by molar-refractivity contribution is 5.57. The maximum Gasteiger partial charge on any atom is 0.138 e. The van der Waals surface area contributed by atoms with Crippen LogP contribution in [0.25, 0.3) is 0 Å². The number of rotatable bonds is 3. The van der Waals surface area contributed by atoms with Gasteiger partial charge in [-0.15, -0.1) is 0 Å². The van der Waals surface area contributed by atoms with Crippen LogP contribution in [0.4, 0.5) is 5.69 Å². The fourth-order valence-corrected chi connectivity index (χ4v) is 4.68. The van der Waals surface area contributed by atoms with Gasteiger partial charge in [-0.2, -0.15) is 0 Å². The van der Waals surface area contributed by atoms with E-state index in [1.165, 1.54) is 32.2 Å². The van der Waals surface area contributed by atoms with Crippen molar-refractivity contribution in [3.8, 4) is 5.75 Å². The molecule has 2 aliphatic carbocycles. The summed E-state index contributed by atoms with van der Waals surface area (Å²) < 4.78 is 0. The molecule has 3 unspecified atom stereocenters. The van der Waals surface area contributed by atoms with E-state index in [4.69, 9.17) is 0 Å². The number of phenolic OH excluding ortho intramolecular Hbond substituents is 1. The second-order valence-electron chi connectivity index (χ2n) is 7.12. The average molecular weight is 286 g/mol. The fraction of sp³-hybridized carbons (Fsp3) is 0.667. The molecule has 3 aliphatic rings. The summed E-state index contributed by atoms with van der Waals surface area (Å²) in [6.07, 6.45) is 5.96. The van der Waals surface area contributed by atoms with Crippen LogP contribution in [0.1, 0.15) is 25.7 Å². The average Bonchev–Trinajstić information content (AvgIpc) is 2.74. The smallest absolute Gasteiger partial charge is 0.138 e. The van der Waals surface area contributed by atoms with E-state index < -0.39 is 0 Å². The summed E-state index contributed by atoms with van der Waals surface area (Å²) >= 11 is 0. The summed E-state index contributed by atoms with van der Waals surface area (Å²) in [5.41, 5.74) is 0.997. The highest BCUT2D eigenvalue weighted by Crippen LogP contribution is 2.50. The van der Waals surface area contributed by atoms with E-state index in [-0.39, 0.29) is 0 Å². The van der Waals surface area contributed by atoms with E-state index in [1.54, 1.807) is 6.07 Å². The summed E-state index contributed by atoms with van der Waals surface area (Å²) in [6.45, 7) is 5.68. The third-order valence-corrected chi connectivity index (χ3v) is 6.08. The van der Waals surface area contributed by atoms with Crippen molar-refractivity contribution in [2.45, 2.75) is 25.7 Å². The molecule has 1 saturated heterocycles. The van der Waals surface area contributed by atoms with E-state index >= 15 is 0 Å². The number of benzene rings is 1. The Morgan fingerprint density at radius 2 is 1.71 bits per heavy atom. The lowest BCUT2D eigenvalue weighted by Gasteiger charge is -2.40. The first-order chi connectivity index (χ1) is 10.3. The molecule has 0 bridgehead atoms. The van der Waals surface area contributed by atoms with E-state index in [9.17, 15) is 5.11 Å². The van der Waals surface area contributed by atoms with Crippen molar-refractivity contribution in [2.24, 2.45) is 17.8 Å². The largest absolute Gasteiger partial charge is 0.506 e. The number of fused-ring (bicyclic) bond motifs is 1. The Labute approximate surface area is 127 Å². The monoisotopic (exact) mass is 286 g/mol. The maximum atomic E-state index is 9.97. The van der Waals surface area contributed by atoms with Crippen LogP contribution in [0.3, 0.4) is 0 Å². The summed E-state index contributed by atoms with van der Waals surface area (Å²) in [6, 6.07) is 7.72. The van der Waals surface area contributed by atoms with E-state index in [1.807, 2.05) is 18.2 Å². The predicted octanol–water partition coefficient (Wildman–Crippen LogP) is 2.95. The van der Waals surface area contributed by atoms with Gasteiger partial charge in [0.15, 0.2) is 0 Å². The molecule has 0 radical (unpaired) electrons. The second kappa shape index (κ2) is 5.53. The molecule has 3 heteroatoms. The number of hydrogen-bond acceptors (Lipinski definition) is 3. The van der Waals surface area contributed by atoms with Gasteiger partial charge in [-0.25, -0.2) is 0 Å². The molecule has 3 atom stereocenters. The molecule has 1 aromatic rings. The van der Waals surface area contributed by atoms with E-state index in [0.29, 0.717) is 5.75 Å². The summed E-state index contributed by atoms with van der Waals surface area (Å²) in [5.74, 6) is 3.53. The Morgan fingerprint density at radius 1 is 0.952 bits per heavy atom. The fourth-order valence-electron chi connectivity index (χ4n) is 4.68. The van der Waals surface area contributed by atoms with Crippen molar-refractivity contribution in [1.29, 1.82) is 0 Å². The first-order valence-corrected chi connectivity index (χ1v) is 8.56. The lowest BCUT2D eigenvalue weighted by atomic mass is 9.72. The van der Waals surface area contributed by atoms with Gasteiger partial charge in [-0.1, -0.05) is 12.1 Å². The molecule has 114 valence electrons. The molecule has 1 N–H and O–H groups in total. The number of anilines is 1. The SMILES string of the molecule is Oc1ccccc1N1CCN(CC2CCC3CCC32)CC1. The van der Waals surface area contributed by atoms with Gasteiger partial charge in [-0.05, 0) is 55.6 Å². The van der Waals surface area contributed by atoms with Gasteiger partial charge in [0.05, 0.1) is 5.69 Å². The van der Waals surface area contributed by atoms with Crippen LogP contribution in [0.2, 0.25) is 0 Å². The van der Waals surface area contributed by atoms with Crippen LogP contribution in [-0.4, -0.2) is 42.7 Å². The molecule has 1 aliphatic heterocycles. The second-order valence-corrected chi connectivity index (χ2v) is 7.12. The first kappa shape index (κ1) is 13.4. The van der Waals surface area contributed by atoms with Crippen LogP contribution in [0.15, 0.2) is 24.3 Å². The minimum Gasteiger partial charge on any atom is -0.506 e. The molecule has 4 rings (SSSR count). The Balaban J connectivity index is 1.32. The molecule has 0 aromatic heterocycles. The van der Waals surface area contributed by atoms with Crippen molar-refractivity contribution in [1.82, 2.24) is 4.90 Å². The van der Waals surface area contributed by atoms with Crippen molar-refractivity contribution >= 4 is 5.69 Å². The standard InChI is InChI=1S/C18H26N2O/c21-18-4-2-1-3-17(18)20-11-9-19(10-12-20)13-15-6-5-14-7-8-16(14)15/h1-4,14-16,21H,5-13H2. The molecule has 0 spiro atoms. The Morgan fingerprint density at radius 3 is 2.38 bits per heavy atom. The van der Waals surface area contributed by atoms with Crippen LogP contribution < -0.4 is 4.90 Å². The zero-order chi connectivity index (χ0) is 14.2. The van der Waals surface area contributed by atoms with Crippen LogP contribution in [0.5, 0.6) is 5.75 Å². The predicted molar refractivity (Wildman–Crippen MR) is 85.7 cm³/mol. The normalized spacial score (nSPS) is 32.8. The number of para-hydroxylation sites is 2. The summed E-state index contributed by atoms with van der Waals surface area (Å²) in [5, 5.41) is 9.97. The van der Waals surface area contributed by atoms with Crippen molar-refractivity contribution < 1.29 is 5.11 Å². The maximum absolute atomic E-state index is 9.97. The molecule has 2 saturated carbocycles. The van der Waals surface area contributed by atoms with Gasteiger partial charge in [0, 0.05) is 32.7 Å². The van der Waals surface area contributed by atoms with Crippen molar-refractivity contribution in [3.05, 3.63) is 24.3 Å². The number of hydrogen-bond donors (Lipinski definition) is 1. The first-order valence-electron chi connectivity index (χ1n) is 8.56. The lowest BCUT2D eigenvalue weighted by molar-refractivity contribution is 0.128. The zero-order valence-corrected chi connectivity index (χ0v) is 12.7. The van der Waals surface area contributed by atoms with Crippen LogP contribution in [0, 0.1) is 17.8 Å². The van der Waals surface area contributed by atoms with E-state index in [0.717, 1.165) is 49.6 Å². The molecule has 1 aromatic carbocycles. The minimum atomic E-state index is 0.416. The quantitative estimate of drug-likeness (QED) is 0.925. The third kappa shape index (κ3) is 2.52. The van der Waals surface area contributed by atoms with Gasteiger partial charge in [0.25, 0.3) is 0 Å². The van der Waals surface area contributed by atoms with Crippen LogP contribution in [-0.2, 0) is 0 Å². The third-order valence-electron chi connectivity index (χ3n) is 6.08. The minimum absolute atomic E-state index is 0.416.